The minimum absolute atomic E-state index is 0.0615. The summed E-state index contributed by atoms with van der Waals surface area (Å²) in [6, 6.07) is 9.03. The van der Waals surface area contributed by atoms with Gasteiger partial charge in [-0.3, -0.25) is 4.79 Å². The van der Waals surface area contributed by atoms with Crippen LogP contribution in [0.5, 0.6) is 5.75 Å². The molecule has 9 heteroatoms. The molecule has 2 heterocycles. The Morgan fingerprint density at radius 2 is 1.92 bits per heavy atom. The monoisotopic (exact) mass is 350 g/mol. The maximum Gasteiger partial charge on any atom is 0.387 e. The number of halogens is 2. The van der Waals surface area contributed by atoms with Crippen LogP contribution in [0.25, 0.3) is 11.3 Å². The zero-order valence-corrected chi connectivity index (χ0v) is 13.3. The summed E-state index contributed by atoms with van der Waals surface area (Å²) < 4.78 is 29.9. The first-order valence-corrected chi connectivity index (χ1v) is 7.75. The number of aromatic nitrogens is 4. The minimum atomic E-state index is -2.87. The fraction of sp³-hybridized carbons (Fsp3) is 0.200. The van der Waals surface area contributed by atoms with Crippen molar-refractivity contribution in [1.29, 1.82) is 0 Å². The molecule has 0 aliphatic rings. The Morgan fingerprint density at radius 3 is 2.54 bits per heavy atom. The van der Waals surface area contributed by atoms with Gasteiger partial charge in [-0.25, -0.2) is 4.68 Å². The lowest BCUT2D eigenvalue weighted by Crippen LogP contribution is -2.22. The Bertz CT molecular complexity index is 893. The fourth-order valence-corrected chi connectivity index (χ4v) is 2.74. The van der Waals surface area contributed by atoms with Crippen LogP contribution in [0, 0.1) is 6.92 Å². The van der Waals surface area contributed by atoms with Crippen molar-refractivity contribution >= 4 is 11.3 Å². The molecule has 0 amide bonds. The van der Waals surface area contributed by atoms with E-state index in [1.54, 1.807) is 18.2 Å². The van der Waals surface area contributed by atoms with E-state index in [4.69, 9.17) is 0 Å². The number of hydrogen-bond donors (Lipinski definition) is 0. The largest absolute Gasteiger partial charge is 0.435 e. The van der Waals surface area contributed by atoms with Gasteiger partial charge in [0.25, 0.3) is 5.56 Å². The summed E-state index contributed by atoms with van der Waals surface area (Å²) in [5, 5.41) is 13.7. The van der Waals surface area contributed by atoms with Gasteiger partial charge in [0.2, 0.25) is 0 Å². The second kappa shape index (κ2) is 6.83. The van der Waals surface area contributed by atoms with Crippen molar-refractivity contribution in [3.8, 4) is 17.0 Å². The van der Waals surface area contributed by atoms with Crippen molar-refractivity contribution in [2.24, 2.45) is 0 Å². The molecule has 0 N–H and O–H groups in total. The third-order valence-electron chi connectivity index (χ3n) is 3.09. The standard InChI is InChI=1S/C15H12F2N4O2S/c1-9-18-19-13(24-9)8-21-14(22)7-6-12(20-21)10-2-4-11(5-3-10)23-15(16)17/h2-7,15H,8H2,1H3. The Labute approximate surface area is 139 Å². The topological polar surface area (TPSA) is 69.9 Å². The van der Waals surface area contributed by atoms with Crippen LogP contribution in [0.15, 0.2) is 41.2 Å². The van der Waals surface area contributed by atoms with Gasteiger partial charge < -0.3 is 4.74 Å². The first kappa shape index (κ1) is 16.2. The van der Waals surface area contributed by atoms with Crippen molar-refractivity contribution in [3.63, 3.8) is 0 Å². The molecule has 0 aliphatic heterocycles. The van der Waals surface area contributed by atoms with Gasteiger partial charge in [-0.1, -0.05) is 11.3 Å². The predicted octanol–water partition coefficient (Wildman–Crippen LogP) is 2.72. The average Bonchev–Trinajstić information content (AvgIpc) is 2.95. The first-order chi connectivity index (χ1) is 11.5. The summed E-state index contributed by atoms with van der Waals surface area (Å²) in [5.74, 6) is 0.0615. The van der Waals surface area contributed by atoms with E-state index < -0.39 is 6.61 Å². The second-order valence-electron chi connectivity index (χ2n) is 4.83. The molecular formula is C15H12F2N4O2S. The molecule has 0 fully saturated rings. The molecular weight excluding hydrogens is 338 g/mol. The Balaban J connectivity index is 1.86. The van der Waals surface area contributed by atoms with Crippen molar-refractivity contribution < 1.29 is 13.5 Å². The Hall–Kier alpha value is -2.68. The number of rotatable bonds is 5. The van der Waals surface area contributed by atoms with Gasteiger partial charge in [0.15, 0.2) is 0 Å². The van der Waals surface area contributed by atoms with Crippen LogP contribution in [0.3, 0.4) is 0 Å². The number of ether oxygens (including phenoxy) is 1. The number of aryl methyl sites for hydroxylation is 1. The molecule has 0 saturated carbocycles. The lowest BCUT2D eigenvalue weighted by molar-refractivity contribution is -0.0498. The normalized spacial score (nSPS) is 11.0. The summed E-state index contributed by atoms with van der Waals surface area (Å²) in [6.45, 7) is -0.812. The third kappa shape index (κ3) is 3.80. The van der Waals surface area contributed by atoms with Crippen LogP contribution in [-0.2, 0) is 6.54 Å². The van der Waals surface area contributed by atoms with Crippen molar-refractivity contribution in [2.45, 2.75) is 20.1 Å². The highest BCUT2D eigenvalue weighted by Gasteiger charge is 2.08. The van der Waals surface area contributed by atoms with E-state index in [2.05, 4.69) is 20.0 Å². The van der Waals surface area contributed by atoms with Crippen molar-refractivity contribution in [3.05, 3.63) is 56.8 Å². The lowest BCUT2D eigenvalue weighted by Gasteiger charge is -2.07. The van der Waals surface area contributed by atoms with E-state index >= 15 is 0 Å². The van der Waals surface area contributed by atoms with Crippen molar-refractivity contribution in [1.82, 2.24) is 20.0 Å². The van der Waals surface area contributed by atoms with E-state index in [-0.39, 0.29) is 17.9 Å². The second-order valence-corrected chi connectivity index (χ2v) is 6.10. The molecule has 24 heavy (non-hydrogen) atoms. The highest BCUT2D eigenvalue weighted by atomic mass is 32.1. The number of benzene rings is 1. The number of nitrogens with zero attached hydrogens (tertiary/aromatic N) is 4. The zero-order valence-electron chi connectivity index (χ0n) is 12.5. The minimum Gasteiger partial charge on any atom is -0.435 e. The van der Waals surface area contributed by atoms with Crippen LogP contribution in [0.1, 0.15) is 10.0 Å². The molecule has 6 nitrogen and oxygen atoms in total. The summed E-state index contributed by atoms with van der Waals surface area (Å²) in [7, 11) is 0. The van der Waals surface area contributed by atoms with E-state index in [1.807, 2.05) is 6.92 Å². The van der Waals surface area contributed by atoms with Gasteiger partial charge in [0, 0.05) is 11.6 Å². The first-order valence-electron chi connectivity index (χ1n) is 6.93. The maximum absolute atomic E-state index is 12.2. The van der Waals surface area contributed by atoms with Crippen molar-refractivity contribution in [2.75, 3.05) is 0 Å². The van der Waals surface area contributed by atoms with Gasteiger partial charge in [0.05, 0.1) is 12.2 Å². The molecule has 3 aromatic rings. The smallest absolute Gasteiger partial charge is 0.387 e. The SMILES string of the molecule is Cc1nnc(Cn2nc(-c3ccc(OC(F)F)cc3)ccc2=O)s1. The lowest BCUT2D eigenvalue weighted by atomic mass is 10.1. The molecule has 0 unspecified atom stereocenters. The van der Waals surface area contributed by atoms with Crippen LogP contribution < -0.4 is 10.3 Å². The summed E-state index contributed by atoms with van der Waals surface area (Å²) in [5.41, 5.74) is 0.961. The van der Waals surface area contributed by atoms with Crippen LogP contribution >= 0.6 is 11.3 Å². The average molecular weight is 350 g/mol. The van der Waals surface area contributed by atoms with Gasteiger partial charge >= 0.3 is 6.61 Å². The molecule has 0 bridgehead atoms. The van der Waals surface area contributed by atoms with Gasteiger partial charge in [-0.2, -0.15) is 13.9 Å². The third-order valence-corrected chi connectivity index (χ3v) is 3.92. The predicted molar refractivity (Wildman–Crippen MR) is 84.3 cm³/mol. The molecule has 0 saturated heterocycles. The van der Waals surface area contributed by atoms with Gasteiger partial charge in [0.1, 0.15) is 15.8 Å². The fourth-order valence-electron chi connectivity index (χ4n) is 2.05. The molecule has 0 radical (unpaired) electrons. The molecule has 0 spiro atoms. The van der Waals surface area contributed by atoms with E-state index in [0.29, 0.717) is 16.3 Å². The molecule has 0 aliphatic carbocycles. The van der Waals surface area contributed by atoms with Crippen LogP contribution in [-0.4, -0.2) is 26.6 Å². The van der Waals surface area contributed by atoms with E-state index in [9.17, 15) is 13.6 Å². The summed E-state index contributed by atoms with van der Waals surface area (Å²) in [4.78, 5) is 11.9. The molecule has 0 atom stereocenters. The maximum atomic E-state index is 12.2. The van der Waals surface area contributed by atoms with Crippen LogP contribution in [0.2, 0.25) is 0 Å². The van der Waals surface area contributed by atoms with E-state index in [1.165, 1.54) is 34.2 Å². The van der Waals surface area contributed by atoms with E-state index in [0.717, 1.165) is 5.01 Å². The van der Waals surface area contributed by atoms with Gasteiger partial charge in [-0.15, -0.1) is 10.2 Å². The zero-order chi connectivity index (χ0) is 17.1. The van der Waals surface area contributed by atoms with Crippen LogP contribution in [0.4, 0.5) is 8.78 Å². The highest BCUT2D eigenvalue weighted by Crippen LogP contribution is 2.21. The molecule has 124 valence electrons. The van der Waals surface area contributed by atoms with Gasteiger partial charge in [-0.05, 0) is 37.3 Å². The quantitative estimate of drug-likeness (QED) is 0.708. The number of hydrogen-bond acceptors (Lipinski definition) is 6. The molecule has 3 rings (SSSR count). The highest BCUT2D eigenvalue weighted by molar-refractivity contribution is 7.11. The summed E-state index contributed by atoms with van der Waals surface area (Å²) in [6.07, 6.45) is 0. The molecule has 2 aromatic heterocycles. The number of alkyl halides is 2. The Kier molecular flexibility index (Phi) is 4.61. The Morgan fingerprint density at radius 1 is 1.17 bits per heavy atom. The molecule has 1 aromatic carbocycles. The summed E-state index contributed by atoms with van der Waals surface area (Å²) >= 11 is 1.39.